The lowest BCUT2D eigenvalue weighted by atomic mass is 10.1. The number of nitrogens with one attached hydrogen (secondary N) is 1. The Hall–Kier alpha value is -4.27. The Morgan fingerprint density at radius 2 is 1.97 bits per heavy atom. The Morgan fingerprint density at radius 3 is 2.83 bits per heavy atom. The molecule has 1 aliphatic heterocycles. The van der Waals surface area contributed by atoms with Gasteiger partial charge in [-0.3, -0.25) is 14.0 Å². The van der Waals surface area contributed by atoms with Crippen LogP contribution in [0.1, 0.15) is 34.6 Å². The SMILES string of the molecule is Cc1cc(N)nc(C)c1CNc1nccc2nn(Cc3ccc4nc5n(c(=O)c4c3)CCC5)cc12. The van der Waals surface area contributed by atoms with Gasteiger partial charge >= 0.3 is 0 Å². The molecule has 1 aliphatic rings. The van der Waals surface area contributed by atoms with Crippen LogP contribution in [0.5, 0.6) is 0 Å². The van der Waals surface area contributed by atoms with Gasteiger partial charge in [0.1, 0.15) is 17.5 Å². The fourth-order valence-electron chi connectivity index (χ4n) is 4.96. The summed E-state index contributed by atoms with van der Waals surface area (Å²) < 4.78 is 3.69. The van der Waals surface area contributed by atoms with Gasteiger partial charge in [0, 0.05) is 37.6 Å². The minimum atomic E-state index is 0.0495. The highest BCUT2D eigenvalue weighted by Crippen LogP contribution is 2.23. The van der Waals surface area contributed by atoms with Crippen LogP contribution in [0.3, 0.4) is 0 Å². The average Bonchev–Trinajstić information content (AvgIpc) is 3.46. The van der Waals surface area contributed by atoms with Crippen LogP contribution in [0.25, 0.3) is 21.8 Å². The molecule has 0 bridgehead atoms. The lowest BCUT2D eigenvalue weighted by Gasteiger charge is -2.12. The van der Waals surface area contributed by atoms with Gasteiger partial charge in [0.2, 0.25) is 0 Å². The Kier molecular flexibility index (Phi) is 4.98. The van der Waals surface area contributed by atoms with E-state index in [0.29, 0.717) is 24.3 Å². The van der Waals surface area contributed by atoms with Gasteiger partial charge in [-0.15, -0.1) is 0 Å². The first-order valence-electron chi connectivity index (χ1n) is 11.8. The molecule has 0 saturated carbocycles. The summed E-state index contributed by atoms with van der Waals surface area (Å²) in [5, 5.41) is 9.78. The van der Waals surface area contributed by atoms with E-state index in [1.165, 1.54) is 0 Å². The molecule has 9 heteroatoms. The van der Waals surface area contributed by atoms with Crippen LogP contribution in [0.2, 0.25) is 0 Å². The maximum Gasteiger partial charge on any atom is 0.261 e. The molecule has 0 fully saturated rings. The molecule has 4 aromatic heterocycles. The van der Waals surface area contributed by atoms with E-state index in [4.69, 9.17) is 10.8 Å². The highest BCUT2D eigenvalue weighted by atomic mass is 16.1. The van der Waals surface area contributed by atoms with E-state index in [1.54, 1.807) is 10.8 Å². The van der Waals surface area contributed by atoms with Crippen molar-refractivity contribution in [2.24, 2.45) is 0 Å². The van der Waals surface area contributed by atoms with Crippen LogP contribution >= 0.6 is 0 Å². The summed E-state index contributed by atoms with van der Waals surface area (Å²) in [4.78, 5) is 26.5. The largest absolute Gasteiger partial charge is 0.384 e. The summed E-state index contributed by atoms with van der Waals surface area (Å²) in [6.07, 6.45) is 5.59. The zero-order valence-electron chi connectivity index (χ0n) is 19.7. The molecule has 0 saturated heterocycles. The van der Waals surface area contributed by atoms with Gasteiger partial charge in [-0.25, -0.2) is 15.0 Å². The fourth-order valence-corrected chi connectivity index (χ4v) is 4.96. The summed E-state index contributed by atoms with van der Waals surface area (Å²) in [7, 11) is 0. The number of anilines is 2. The summed E-state index contributed by atoms with van der Waals surface area (Å²) in [6, 6.07) is 9.69. The molecule has 0 spiro atoms. The van der Waals surface area contributed by atoms with Crippen molar-refractivity contribution in [1.82, 2.24) is 29.3 Å². The third-order valence-electron chi connectivity index (χ3n) is 6.71. The number of nitrogens with zero attached hydrogens (tertiary/aromatic N) is 6. The fraction of sp³-hybridized carbons (Fsp3) is 0.269. The average molecular weight is 467 g/mol. The number of fused-ring (bicyclic) bond motifs is 3. The molecular formula is C26H26N8O. The molecule has 3 N–H and O–H groups in total. The van der Waals surface area contributed by atoms with Crippen molar-refractivity contribution >= 4 is 33.4 Å². The van der Waals surface area contributed by atoms with Gasteiger partial charge in [-0.1, -0.05) is 6.07 Å². The Bertz CT molecular complexity index is 1640. The van der Waals surface area contributed by atoms with Crippen LogP contribution in [-0.4, -0.2) is 29.3 Å². The highest BCUT2D eigenvalue weighted by Gasteiger charge is 2.16. The van der Waals surface area contributed by atoms with E-state index in [2.05, 4.69) is 20.3 Å². The standard InChI is InChI=1S/C26H26N8O/c1-15-10-23(27)30-16(2)19(15)12-29-25-20-14-33(32-22(20)7-8-28-25)13-17-5-6-21-18(11-17)26(35)34-9-3-4-24(34)31-21/h5-8,10-11,14H,3-4,9,12-13H2,1-2H3,(H2,27,30)(H,28,29). The predicted molar refractivity (Wildman–Crippen MR) is 136 cm³/mol. The van der Waals surface area contributed by atoms with Crippen molar-refractivity contribution in [3.05, 3.63) is 81.3 Å². The first-order valence-corrected chi connectivity index (χ1v) is 11.8. The number of nitrogen functional groups attached to an aromatic ring is 1. The lowest BCUT2D eigenvalue weighted by Crippen LogP contribution is -2.21. The maximum absolute atomic E-state index is 12.9. The topological polar surface area (TPSA) is 117 Å². The van der Waals surface area contributed by atoms with Gasteiger partial charge in [-0.05, 0) is 61.2 Å². The van der Waals surface area contributed by atoms with Crippen LogP contribution in [-0.2, 0) is 26.1 Å². The maximum atomic E-state index is 12.9. The Balaban J connectivity index is 1.28. The molecule has 6 rings (SSSR count). The van der Waals surface area contributed by atoms with E-state index in [-0.39, 0.29) is 5.56 Å². The molecule has 1 aromatic carbocycles. The smallest absolute Gasteiger partial charge is 0.261 e. The van der Waals surface area contributed by atoms with Crippen molar-refractivity contribution in [3.8, 4) is 0 Å². The quantitative estimate of drug-likeness (QED) is 0.408. The van der Waals surface area contributed by atoms with Gasteiger partial charge in [-0.2, -0.15) is 5.10 Å². The molecule has 35 heavy (non-hydrogen) atoms. The molecule has 176 valence electrons. The summed E-state index contributed by atoms with van der Waals surface area (Å²) >= 11 is 0. The second-order valence-electron chi connectivity index (χ2n) is 9.14. The predicted octanol–water partition coefficient (Wildman–Crippen LogP) is 3.34. The van der Waals surface area contributed by atoms with Crippen LogP contribution in [0, 0.1) is 13.8 Å². The van der Waals surface area contributed by atoms with Crippen molar-refractivity contribution in [3.63, 3.8) is 0 Å². The van der Waals surface area contributed by atoms with Crippen molar-refractivity contribution in [2.75, 3.05) is 11.1 Å². The van der Waals surface area contributed by atoms with Gasteiger partial charge in [0.05, 0.1) is 28.4 Å². The van der Waals surface area contributed by atoms with Gasteiger partial charge < -0.3 is 11.1 Å². The van der Waals surface area contributed by atoms with Crippen molar-refractivity contribution in [1.29, 1.82) is 0 Å². The van der Waals surface area contributed by atoms with E-state index in [9.17, 15) is 4.79 Å². The highest BCUT2D eigenvalue weighted by molar-refractivity contribution is 5.88. The lowest BCUT2D eigenvalue weighted by molar-refractivity contribution is 0.695. The number of rotatable bonds is 5. The molecule has 9 nitrogen and oxygen atoms in total. The Labute approximate surface area is 201 Å². The normalized spacial score (nSPS) is 13.0. The van der Waals surface area contributed by atoms with Gasteiger partial charge in [0.25, 0.3) is 5.56 Å². The molecule has 0 unspecified atom stereocenters. The van der Waals surface area contributed by atoms with Crippen LogP contribution in [0.15, 0.2) is 47.5 Å². The van der Waals surface area contributed by atoms with E-state index < -0.39 is 0 Å². The number of aryl methyl sites for hydroxylation is 3. The number of nitrogens with two attached hydrogens (primary N) is 1. The molecule has 5 heterocycles. The zero-order chi connectivity index (χ0) is 24.1. The van der Waals surface area contributed by atoms with E-state index in [1.807, 2.05) is 55.1 Å². The first kappa shape index (κ1) is 21.3. The van der Waals surface area contributed by atoms with Crippen LogP contribution in [0.4, 0.5) is 11.6 Å². The van der Waals surface area contributed by atoms with Crippen molar-refractivity contribution < 1.29 is 0 Å². The molecule has 0 amide bonds. The zero-order valence-corrected chi connectivity index (χ0v) is 19.7. The first-order chi connectivity index (χ1) is 17.0. The molecule has 0 aliphatic carbocycles. The summed E-state index contributed by atoms with van der Waals surface area (Å²) in [6.45, 7) is 5.89. The van der Waals surface area contributed by atoms with Crippen LogP contribution < -0.4 is 16.6 Å². The minimum absolute atomic E-state index is 0.0495. The molecule has 5 aromatic rings. The van der Waals surface area contributed by atoms with Gasteiger partial charge in [0.15, 0.2) is 0 Å². The monoisotopic (exact) mass is 466 g/mol. The van der Waals surface area contributed by atoms with Crippen molar-refractivity contribution in [2.45, 2.75) is 46.3 Å². The third kappa shape index (κ3) is 3.78. The third-order valence-corrected chi connectivity index (χ3v) is 6.71. The number of pyridine rings is 2. The minimum Gasteiger partial charge on any atom is -0.384 e. The summed E-state index contributed by atoms with van der Waals surface area (Å²) in [5.41, 5.74) is 11.6. The molecular weight excluding hydrogens is 440 g/mol. The second kappa shape index (κ2) is 8.19. The Morgan fingerprint density at radius 1 is 1.09 bits per heavy atom. The number of hydrogen-bond donors (Lipinski definition) is 2. The van der Waals surface area contributed by atoms with E-state index in [0.717, 1.165) is 69.8 Å². The number of aromatic nitrogens is 6. The molecule has 0 radical (unpaired) electrons. The second-order valence-corrected chi connectivity index (χ2v) is 9.14. The number of benzene rings is 1. The molecule has 0 atom stereocenters. The summed E-state index contributed by atoms with van der Waals surface area (Å²) in [5.74, 6) is 2.18. The number of hydrogen-bond acceptors (Lipinski definition) is 7. The van der Waals surface area contributed by atoms with E-state index >= 15 is 0 Å².